The van der Waals surface area contributed by atoms with Crippen LogP contribution in [0.5, 0.6) is 0 Å². The third-order valence-corrected chi connectivity index (χ3v) is 3.39. The number of rotatable bonds is 6. The summed E-state index contributed by atoms with van der Waals surface area (Å²) in [4.78, 5) is 32.7. The Bertz CT molecular complexity index is 380. The predicted octanol–water partition coefficient (Wildman–Crippen LogP) is 0.109. The number of hydrogen-bond acceptors (Lipinski definition) is 5. The molecule has 2 fully saturated rings. The van der Waals surface area contributed by atoms with Gasteiger partial charge in [0, 0.05) is 17.4 Å². The monoisotopic (exact) mass is 256 g/mol. The van der Waals surface area contributed by atoms with Gasteiger partial charge in [-0.15, -0.1) is 0 Å². The van der Waals surface area contributed by atoms with Gasteiger partial charge in [0.2, 0.25) is 6.04 Å². The minimum absolute atomic E-state index is 0.101. The van der Waals surface area contributed by atoms with E-state index in [1.54, 1.807) is 0 Å². The van der Waals surface area contributed by atoms with Crippen LogP contribution in [0.3, 0.4) is 0 Å². The molecule has 0 aromatic carbocycles. The fraction of sp³-hybridized carbons (Fsp3) is 0.818. The van der Waals surface area contributed by atoms with Crippen molar-refractivity contribution in [1.29, 1.82) is 0 Å². The first-order chi connectivity index (χ1) is 8.49. The number of nitrogens with zero attached hydrogens (tertiary/aromatic N) is 1. The SMILES string of the molecule is CC(NC(=O)COC(=O)C1CC1[N+](=O)[O-])C1CC1. The standard InChI is InChI=1S/C11H16N2O5/c1-6(7-2-3-7)12-10(14)5-18-11(15)8-4-9(8)13(16)17/h6-9H,2-5H2,1H3,(H,12,14). The molecule has 1 amide bonds. The Balaban J connectivity index is 1.63. The lowest BCUT2D eigenvalue weighted by Gasteiger charge is -2.12. The molecule has 7 nitrogen and oxygen atoms in total. The van der Waals surface area contributed by atoms with Gasteiger partial charge in [0.05, 0.1) is 0 Å². The van der Waals surface area contributed by atoms with Crippen molar-refractivity contribution in [2.24, 2.45) is 11.8 Å². The molecular formula is C11H16N2O5. The lowest BCUT2D eigenvalue weighted by Crippen LogP contribution is -2.37. The van der Waals surface area contributed by atoms with E-state index in [0.717, 1.165) is 12.8 Å². The Kier molecular flexibility index (Phi) is 3.49. The largest absolute Gasteiger partial charge is 0.455 e. The van der Waals surface area contributed by atoms with Crippen molar-refractivity contribution in [2.45, 2.75) is 38.3 Å². The number of hydrogen-bond donors (Lipinski definition) is 1. The molecule has 0 aromatic rings. The van der Waals surface area contributed by atoms with E-state index in [4.69, 9.17) is 4.74 Å². The molecule has 0 bridgehead atoms. The molecule has 0 aromatic heterocycles. The van der Waals surface area contributed by atoms with Crippen molar-refractivity contribution in [3.63, 3.8) is 0 Å². The van der Waals surface area contributed by atoms with Gasteiger partial charge in [-0.05, 0) is 25.7 Å². The third-order valence-electron chi connectivity index (χ3n) is 3.39. The van der Waals surface area contributed by atoms with Gasteiger partial charge in [0.15, 0.2) is 6.61 Å². The molecule has 2 aliphatic rings. The third kappa shape index (κ3) is 3.18. The van der Waals surface area contributed by atoms with Crippen molar-refractivity contribution in [3.8, 4) is 0 Å². The van der Waals surface area contributed by atoms with Crippen LogP contribution in [0.4, 0.5) is 0 Å². The molecule has 0 saturated heterocycles. The molecule has 18 heavy (non-hydrogen) atoms. The maximum Gasteiger partial charge on any atom is 0.316 e. The fourth-order valence-corrected chi connectivity index (χ4v) is 1.92. The van der Waals surface area contributed by atoms with Crippen LogP contribution in [0.1, 0.15) is 26.2 Å². The average molecular weight is 256 g/mol. The van der Waals surface area contributed by atoms with Crippen LogP contribution in [0.25, 0.3) is 0 Å². The Morgan fingerprint density at radius 2 is 2.17 bits per heavy atom. The van der Waals surface area contributed by atoms with Gasteiger partial charge < -0.3 is 10.1 Å². The molecular weight excluding hydrogens is 240 g/mol. The van der Waals surface area contributed by atoms with E-state index >= 15 is 0 Å². The molecule has 3 unspecified atom stereocenters. The quantitative estimate of drug-likeness (QED) is 0.413. The summed E-state index contributed by atoms with van der Waals surface area (Å²) in [6, 6.07) is -0.727. The second-order valence-corrected chi connectivity index (χ2v) is 5.00. The molecule has 7 heteroatoms. The number of esters is 1. The van der Waals surface area contributed by atoms with Crippen molar-refractivity contribution in [3.05, 3.63) is 10.1 Å². The van der Waals surface area contributed by atoms with Crippen molar-refractivity contribution in [2.75, 3.05) is 6.61 Å². The summed E-state index contributed by atoms with van der Waals surface area (Å²) in [7, 11) is 0. The molecule has 0 aliphatic heterocycles. The summed E-state index contributed by atoms with van der Waals surface area (Å²) in [5, 5.41) is 13.1. The number of nitrogens with one attached hydrogen (secondary N) is 1. The molecule has 2 saturated carbocycles. The van der Waals surface area contributed by atoms with Gasteiger partial charge in [-0.2, -0.15) is 0 Å². The van der Waals surface area contributed by atoms with E-state index in [1.165, 1.54) is 0 Å². The van der Waals surface area contributed by atoms with Crippen LogP contribution in [0, 0.1) is 22.0 Å². The number of amides is 1. The second kappa shape index (κ2) is 4.91. The number of ether oxygens (including phenoxy) is 1. The molecule has 1 N–H and O–H groups in total. The Morgan fingerprint density at radius 3 is 2.67 bits per heavy atom. The summed E-state index contributed by atoms with van der Waals surface area (Å²) in [5.41, 5.74) is 0. The Morgan fingerprint density at radius 1 is 1.50 bits per heavy atom. The minimum atomic E-state index is -0.828. The zero-order chi connectivity index (χ0) is 13.3. The topological polar surface area (TPSA) is 98.5 Å². The van der Waals surface area contributed by atoms with Crippen molar-refractivity contribution in [1.82, 2.24) is 5.32 Å². The summed E-state index contributed by atoms with van der Waals surface area (Å²) in [6.07, 6.45) is 2.45. The zero-order valence-corrected chi connectivity index (χ0v) is 10.1. The summed E-state index contributed by atoms with van der Waals surface area (Å²) >= 11 is 0. The van der Waals surface area contributed by atoms with Gasteiger partial charge >= 0.3 is 5.97 Å². The predicted molar refractivity (Wildman–Crippen MR) is 60.2 cm³/mol. The molecule has 3 atom stereocenters. The molecule has 2 aliphatic carbocycles. The number of carbonyl (C=O) groups is 2. The van der Waals surface area contributed by atoms with Crippen molar-refractivity contribution < 1.29 is 19.2 Å². The lowest BCUT2D eigenvalue weighted by molar-refractivity contribution is -0.497. The van der Waals surface area contributed by atoms with Gasteiger partial charge in [0.25, 0.3) is 5.91 Å². The minimum Gasteiger partial charge on any atom is -0.455 e. The highest BCUT2D eigenvalue weighted by Gasteiger charge is 2.54. The van der Waals surface area contributed by atoms with E-state index in [0.29, 0.717) is 5.92 Å². The summed E-state index contributed by atoms with van der Waals surface area (Å²) < 4.78 is 4.75. The maximum absolute atomic E-state index is 11.4. The lowest BCUT2D eigenvalue weighted by atomic mass is 10.2. The Hall–Kier alpha value is -1.66. The van der Waals surface area contributed by atoms with E-state index in [9.17, 15) is 19.7 Å². The Labute approximate surface area is 104 Å². The van der Waals surface area contributed by atoms with Gasteiger partial charge in [-0.25, -0.2) is 0 Å². The molecule has 2 rings (SSSR count). The highest BCUT2D eigenvalue weighted by molar-refractivity contribution is 5.82. The summed E-state index contributed by atoms with van der Waals surface area (Å²) in [6.45, 7) is 1.57. The van der Waals surface area contributed by atoms with E-state index in [-0.39, 0.29) is 25.0 Å². The normalized spacial score (nSPS) is 27.2. The average Bonchev–Trinajstić information content (AvgIpc) is 3.18. The number of nitro groups is 1. The highest BCUT2D eigenvalue weighted by Crippen LogP contribution is 2.34. The van der Waals surface area contributed by atoms with Crippen LogP contribution >= 0.6 is 0 Å². The highest BCUT2D eigenvalue weighted by atomic mass is 16.6. The summed E-state index contributed by atoms with van der Waals surface area (Å²) in [5.74, 6) is -1.13. The van der Waals surface area contributed by atoms with Gasteiger partial charge in [-0.3, -0.25) is 19.7 Å². The number of carbonyl (C=O) groups excluding carboxylic acids is 2. The van der Waals surface area contributed by atoms with E-state index in [2.05, 4.69) is 5.32 Å². The first kappa shape index (κ1) is 12.8. The van der Waals surface area contributed by atoms with Gasteiger partial charge in [-0.1, -0.05) is 0 Å². The first-order valence-electron chi connectivity index (χ1n) is 6.08. The van der Waals surface area contributed by atoms with Crippen LogP contribution in [-0.2, 0) is 14.3 Å². The molecule has 0 spiro atoms. The van der Waals surface area contributed by atoms with Crippen LogP contribution in [0.2, 0.25) is 0 Å². The van der Waals surface area contributed by atoms with Crippen LogP contribution in [0.15, 0.2) is 0 Å². The molecule has 0 heterocycles. The van der Waals surface area contributed by atoms with Crippen molar-refractivity contribution >= 4 is 11.9 Å². The second-order valence-electron chi connectivity index (χ2n) is 5.00. The fourth-order valence-electron chi connectivity index (χ4n) is 1.92. The van der Waals surface area contributed by atoms with Crippen LogP contribution < -0.4 is 5.32 Å². The van der Waals surface area contributed by atoms with E-state index < -0.39 is 22.9 Å². The van der Waals surface area contributed by atoms with E-state index in [1.807, 2.05) is 6.92 Å². The zero-order valence-electron chi connectivity index (χ0n) is 10.1. The van der Waals surface area contributed by atoms with Crippen LogP contribution in [-0.4, -0.2) is 35.5 Å². The molecule has 0 radical (unpaired) electrons. The van der Waals surface area contributed by atoms with Gasteiger partial charge in [0.1, 0.15) is 5.92 Å². The molecule has 100 valence electrons. The first-order valence-corrected chi connectivity index (χ1v) is 6.08. The maximum atomic E-state index is 11.4. The smallest absolute Gasteiger partial charge is 0.316 e.